The van der Waals surface area contributed by atoms with Crippen LogP contribution >= 0.6 is 11.6 Å². The lowest BCUT2D eigenvalue weighted by molar-refractivity contribution is -0.140. The summed E-state index contributed by atoms with van der Waals surface area (Å²) in [4.78, 5) is 10.8. The predicted octanol–water partition coefficient (Wildman–Crippen LogP) is 1.41. The van der Waals surface area contributed by atoms with E-state index < -0.39 is 12.1 Å². The van der Waals surface area contributed by atoms with Gasteiger partial charge in [-0.1, -0.05) is 23.7 Å². The Hall–Kier alpha value is -1.99. The minimum atomic E-state index is -0.925. The molecular weight excluding hydrogens is 296 g/mol. The van der Waals surface area contributed by atoms with E-state index in [1.807, 2.05) is 18.2 Å². The minimum absolute atomic E-state index is 0.104. The molecule has 1 unspecified atom stereocenters. The third-order valence-electron chi connectivity index (χ3n) is 2.97. The second kappa shape index (κ2) is 7.14. The van der Waals surface area contributed by atoms with E-state index in [4.69, 9.17) is 21.4 Å². The first-order valence-electron chi connectivity index (χ1n) is 6.32. The molecule has 2 aromatic rings. The van der Waals surface area contributed by atoms with E-state index in [2.05, 4.69) is 15.5 Å². The number of tetrazole rings is 1. The molecule has 1 aromatic heterocycles. The smallest absolute Gasteiger partial charge is 0.306 e. The molecule has 0 aliphatic heterocycles. The summed E-state index contributed by atoms with van der Waals surface area (Å²) in [6.07, 6.45) is -0.0755. The third-order valence-corrected chi connectivity index (χ3v) is 3.20. The Morgan fingerprint density at radius 1 is 1.52 bits per heavy atom. The van der Waals surface area contributed by atoms with Gasteiger partial charge in [0.15, 0.2) is 5.82 Å². The number of methoxy groups -OCH3 is 1. The molecule has 0 aliphatic carbocycles. The number of carbonyl (C=O) groups is 1. The Bertz CT molecular complexity index is 617. The lowest BCUT2D eigenvalue weighted by Gasteiger charge is -2.13. The number of hydrogen-bond donors (Lipinski definition) is 1. The van der Waals surface area contributed by atoms with Crippen LogP contribution in [0.15, 0.2) is 24.3 Å². The molecule has 7 nitrogen and oxygen atoms in total. The lowest BCUT2D eigenvalue weighted by Crippen LogP contribution is -2.24. The van der Waals surface area contributed by atoms with Gasteiger partial charge in [-0.2, -0.15) is 0 Å². The zero-order valence-corrected chi connectivity index (χ0v) is 12.2. The first-order chi connectivity index (χ1) is 10.1. The highest BCUT2D eigenvalue weighted by molar-refractivity contribution is 6.30. The number of carboxylic acid groups (broad SMARTS) is 1. The molecule has 0 radical (unpaired) electrons. The van der Waals surface area contributed by atoms with Crippen LogP contribution in [0.5, 0.6) is 0 Å². The summed E-state index contributed by atoms with van der Waals surface area (Å²) in [7, 11) is 1.47. The molecule has 112 valence electrons. The number of rotatable bonds is 7. The quantitative estimate of drug-likeness (QED) is 0.831. The maximum Gasteiger partial charge on any atom is 0.306 e. The maximum absolute atomic E-state index is 10.8. The predicted molar refractivity (Wildman–Crippen MR) is 75.1 cm³/mol. The van der Waals surface area contributed by atoms with E-state index in [0.29, 0.717) is 17.3 Å². The van der Waals surface area contributed by atoms with E-state index in [-0.39, 0.29) is 13.0 Å². The van der Waals surface area contributed by atoms with E-state index in [1.54, 1.807) is 10.7 Å². The average molecular weight is 311 g/mol. The van der Waals surface area contributed by atoms with Crippen molar-refractivity contribution in [2.75, 3.05) is 7.11 Å². The van der Waals surface area contributed by atoms with Gasteiger partial charge in [0.05, 0.1) is 19.1 Å². The van der Waals surface area contributed by atoms with Gasteiger partial charge in [0, 0.05) is 18.6 Å². The van der Waals surface area contributed by atoms with Crippen molar-refractivity contribution in [3.8, 4) is 0 Å². The van der Waals surface area contributed by atoms with Crippen LogP contribution < -0.4 is 0 Å². The molecule has 0 saturated carbocycles. The summed E-state index contributed by atoms with van der Waals surface area (Å²) in [6, 6.07) is 7.41. The Kier molecular flexibility index (Phi) is 5.24. The normalized spacial score (nSPS) is 12.3. The highest BCUT2D eigenvalue weighted by Gasteiger charge is 2.16. The van der Waals surface area contributed by atoms with E-state index in [9.17, 15) is 4.79 Å². The molecule has 1 atom stereocenters. The van der Waals surface area contributed by atoms with Crippen LogP contribution in [0.25, 0.3) is 0 Å². The van der Waals surface area contributed by atoms with Crippen molar-refractivity contribution in [1.82, 2.24) is 20.2 Å². The molecule has 0 saturated heterocycles. The van der Waals surface area contributed by atoms with E-state index >= 15 is 0 Å². The lowest BCUT2D eigenvalue weighted by atomic mass is 10.1. The van der Waals surface area contributed by atoms with Crippen molar-refractivity contribution in [1.29, 1.82) is 0 Å². The van der Waals surface area contributed by atoms with Gasteiger partial charge in [-0.3, -0.25) is 4.79 Å². The van der Waals surface area contributed by atoms with Crippen LogP contribution in [-0.2, 0) is 22.5 Å². The van der Waals surface area contributed by atoms with Gasteiger partial charge in [0.1, 0.15) is 0 Å². The zero-order valence-electron chi connectivity index (χ0n) is 11.4. The zero-order chi connectivity index (χ0) is 15.2. The van der Waals surface area contributed by atoms with Gasteiger partial charge in [0.2, 0.25) is 0 Å². The maximum atomic E-state index is 10.8. The van der Waals surface area contributed by atoms with Crippen molar-refractivity contribution in [2.24, 2.45) is 0 Å². The minimum Gasteiger partial charge on any atom is -0.481 e. The number of ether oxygens (including phenoxy) is 1. The van der Waals surface area contributed by atoms with Gasteiger partial charge in [0.25, 0.3) is 0 Å². The molecule has 0 aliphatic rings. The molecule has 0 spiro atoms. The van der Waals surface area contributed by atoms with Gasteiger partial charge < -0.3 is 9.84 Å². The van der Waals surface area contributed by atoms with Crippen LogP contribution in [-0.4, -0.2) is 44.5 Å². The van der Waals surface area contributed by atoms with Crippen LogP contribution in [0.3, 0.4) is 0 Å². The Balaban J connectivity index is 2.09. The molecule has 1 N–H and O–H groups in total. The molecule has 2 rings (SSSR count). The third kappa shape index (κ3) is 4.51. The van der Waals surface area contributed by atoms with Crippen molar-refractivity contribution in [2.45, 2.75) is 25.5 Å². The van der Waals surface area contributed by atoms with E-state index in [0.717, 1.165) is 5.56 Å². The first-order valence-corrected chi connectivity index (χ1v) is 6.70. The molecule has 0 fully saturated rings. The number of benzene rings is 1. The topological polar surface area (TPSA) is 90.1 Å². The van der Waals surface area contributed by atoms with Crippen molar-refractivity contribution < 1.29 is 14.6 Å². The largest absolute Gasteiger partial charge is 0.481 e. The van der Waals surface area contributed by atoms with Crippen LogP contribution in [0.2, 0.25) is 5.02 Å². The fraction of sp³-hybridized carbons (Fsp3) is 0.385. The van der Waals surface area contributed by atoms with E-state index in [1.165, 1.54) is 7.11 Å². The summed E-state index contributed by atoms with van der Waals surface area (Å²) in [5, 5.41) is 20.9. The molecule has 0 amide bonds. The molecule has 1 heterocycles. The summed E-state index contributed by atoms with van der Waals surface area (Å²) >= 11 is 5.95. The summed E-state index contributed by atoms with van der Waals surface area (Å²) in [6.45, 7) is 0.283. The van der Waals surface area contributed by atoms with Crippen LogP contribution in [0.4, 0.5) is 0 Å². The van der Waals surface area contributed by atoms with Gasteiger partial charge >= 0.3 is 5.97 Å². The van der Waals surface area contributed by atoms with Gasteiger partial charge in [-0.05, 0) is 28.1 Å². The highest BCUT2D eigenvalue weighted by atomic mass is 35.5. The summed E-state index contributed by atoms with van der Waals surface area (Å²) in [5.41, 5.74) is 0.978. The van der Waals surface area contributed by atoms with Crippen molar-refractivity contribution >= 4 is 17.6 Å². The fourth-order valence-corrected chi connectivity index (χ4v) is 2.14. The number of aromatic nitrogens is 4. The molecular formula is C13H15ClN4O3. The molecule has 1 aromatic carbocycles. The van der Waals surface area contributed by atoms with Gasteiger partial charge in [-0.25, -0.2) is 4.68 Å². The molecule has 8 heteroatoms. The number of hydrogen-bond acceptors (Lipinski definition) is 5. The number of aliphatic carboxylic acids is 1. The SMILES string of the molecule is COC(CC(=O)O)Cn1nnnc1Cc1cccc(Cl)c1. The monoisotopic (exact) mass is 310 g/mol. The number of carboxylic acids is 1. The van der Waals surface area contributed by atoms with Crippen molar-refractivity contribution in [3.05, 3.63) is 40.7 Å². The number of halogens is 1. The van der Waals surface area contributed by atoms with Gasteiger partial charge in [-0.15, -0.1) is 5.10 Å². The standard InChI is InChI=1S/C13H15ClN4O3/c1-21-11(7-13(19)20)8-18-12(15-16-17-18)6-9-3-2-4-10(14)5-9/h2-5,11H,6-8H2,1H3,(H,19,20). The Morgan fingerprint density at radius 2 is 2.33 bits per heavy atom. The fourth-order valence-electron chi connectivity index (χ4n) is 1.93. The summed E-state index contributed by atoms with van der Waals surface area (Å²) < 4.78 is 6.69. The molecule has 21 heavy (non-hydrogen) atoms. The van der Waals surface area contributed by atoms with Crippen LogP contribution in [0, 0.1) is 0 Å². The summed E-state index contributed by atoms with van der Waals surface area (Å²) in [5.74, 6) is -0.295. The Labute approximate surface area is 126 Å². The number of nitrogens with zero attached hydrogens (tertiary/aromatic N) is 4. The average Bonchev–Trinajstić information content (AvgIpc) is 2.84. The van der Waals surface area contributed by atoms with Crippen LogP contribution in [0.1, 0.15) is 17.8 Å². The highest BCUT2D eigenvalue weighted by Crippen LogP contribution is 2.14. The van der Waals surface area contributed by atoms with Crippen molar-refractivity contribution in [3.63, 3.8) is 0 Å². The Morgan fingerprint density at radius 3 is 3.00 bits per heavy atom. The second-order valence-corrected chi connectivity index (χ2v) is 4.98. The first kappa shape index (κ1) is 15.4. The second-order valence-electron chi connectivity index (χ2n) is 4.54. The molecule has 0 bridgehead atoms.